The van der Waals surface area contributed by atoms with Crippen molar-refractivity contribution in [2.45, 2.75) is 13.0 Å². The van der Waals surface area contributed by atoms with Crippen LogP contribution in [-0.4, -0.2) is 32.6 Å². The molecule has 1 amide bonds. The molecule has 0 saturated heterocycles. The fraction of sp³-hybridized carbons (Fsp3) is 0.125. The lowest BCUT2D eigenvalue weighted by atomic mass is 10.1. The third kappa shape index (κ3) is 4.14. The first-order valence-corrected chi connectivity index (χ1v) is 9.70. The van der Waals surface area contributed by atoms with Crippen LogP contribution in [0.15, 0.2) is 79.1 Å². The van der Waals surface area contributed by atoms with E-state index in [4.69, 9.17) is 4.98 Å². The summed E-state index contributed by atoms with van der Waals surface area (Å²) in [6.07, 6.45) is 3.55. The van der Waals surface area contributed by atoms with Gasteiger partial charge in [0.25, 0.3) is 5.91 Å². The molecule has 0 spiro atoms. The maximum absolute atomic E-state index is 12.7. The average molecular weight is 398 g/mol. The zero-order chi connectivity index (χ0) is 20.9. The van der Waals surface area contributed by atoms with E-state index in [0.717, 1.165) is 27.9 Å². The predicted octanol–water partition coefficient (Wildman–Crippen LogP) is 3.91. The molecule has 2 aromatic carbocycles. The zero-order valence-electron chi connectivity index (χ0n) is 16.5. The lowest BCUT2D eigenvalue weighted by molar-refractivity contribution is 0.0912. The van der Waals surface area contributed by atoms with Gasteiger partial charge in [0.15, 0.2) is 5.82 Å². The van der Waals surface area contributed by atoms with Crippen LogP contribution in [0.4, 0.5) is 0 Å². The van der Waals surface area contributed by atoms with Crippen LogP contribution in [0.25, 0.3) is 22.6 Å². The van der Waals surface area contributed by atoms with Gasteiger partial charge in [-0.25, -0.2) is 9.97 Å². The average Bonchev–Trinajstić information content (AvgIpc) is 3.29. The fourth-order valence-electron chi connectivity index (χ4n) is 3.28. The molecule has 0 unspecified atom stereocenters. The number of aliphatic hydroxyl groups is 1. The van der Waals surface area contributed by atoms with Crippen LogP contribution in [-0.2, 0) is 0 Å². The minimum Gasteiger partial charge on any atom is -0.394 e. The molecule has 0 fully saturated rings. The monoisotopic (exact) mass is 398 g/mol. The Morgan fingerprint density at radius 3 is 2.47 bits per heavy atom. The van der Waals surface area contributed by atoms with E-state index in [1.54, 1.807) is 18.5 Å². The van der Waals surface area contributed by atoms with Crippen molar-refractivity contribution in [1.29, 1.82) is 0 Å². The van der Waals surface area contributed by atoms with Crippen LogP contribution < -0.4 is 5.32 Å². The van der Waals surface area contributed by atoms with Crippen molar-refractivity contribution in [3.05, 3.63) is 95.9 Å². The van der Waals surface area contributed by atoms with Crippen molar-refractivity contribution in [2.24, 2.45) is 0 Å². The molecule has 4 rings (SSSR count). The Morgan fingerprint density at radius 2 is 1.77 bits per heavy atom. The van der Waals surface area contributed by atoms with E-state index in [2.05, 4.69) is 15.3 Å². The van der Waals surface area contributed by atoms with Gasteiger partial charge in [0, 0.05) is 23.5 Å². The summed E-state index contributed by atoms with van der Waals surface area (Å²) < 4.78 is 0. The van der Waals surface area contributed by atoms with Gasteiger partial charge in [-0.15, -0.1) is 0 Å². The van der Waals surface area contributed by atoms with Crippen molar-refractivity contribution in [1.82, 2.24) is 20.3 Å². The maximum Gasteiger partial charge on any atom is 0.268 e. The molecule has 0 aliphatic heterocycles. The number of nitrogens with one attached hydrogen (secondary N) is 2. The van der Waals surface area contributed by atoms with E-state index in [1.807, 2.05) is 67.6 Å². The van der Waals surface area contributed by atoms with Crippen molar-refractivity contribution >= 4 is 5.91 Å². The van der Waals surface area contributed by atoms with Gasteiger partial charge in [-0.2, -0.15) is 0 Å². The number of amides is 1. The molecule has 0 saturated carbocycles. The second kappa shape index (κ2) is 8.71. The van der Waals surface area contributed by atoms with Gasteiger partial charge in [-0.05, 0) is 24.1 Å². The molecule has 0 bridgehead atoms. The molecule has 0 aliphatic carbocycles. The van der Waals surface area contributed by atoms with Crippen LogP contribution in [0.5, 0.6) is 0 Å². The Kier molecular flexibility index (Phi) is 5.68. The summed E-state index contributed by atoms with van der Waals surface area (Å²) in [6.45, 7) is 1.75. The van der Waals surface area contributed by atoms with Gasteiger partial charge in [-0.1, -0.05) is 60.7 Å². The maximum atomic E-state index is 12.7. The quantitative estimate of drug-likeness (QED) is 0.459. The number of aryl methyl sites for hydroxylation is 1. The van der Waals surface area contributed by atoms with Crippen molar-refractivity contribution in [2.75, 3.05) is 6.61 Å². The number of benzene rings is 2. The van der Waals surface area contributed by atoms with E-state index in [0.29, 0.717) is 11.5 Å². The second-order valence-corrected chi connectivity index (χ2v) is 7.01. The Labute approximate surface area is 174 Å². The molecule has 4 aromatic rings. The smallest absolute Gasteiger partial charge is 0.268 e. The fourth-order valence-corrected chi connectivity index (χ4v) is 3.28. The summed E-state index contributed by atoms with van der Waals surface area (Å²) in [5.41, 5.74) is 4.66. The third-order valence-electron chi connectivity index (χ3n) is 4.89. The highest BCUT2D eigenvalue weighted by Gasteiger charge is 2.17. The highest BCUT2D eigenvalue weighted by atomic mass is 16.3. The lowest BCUT2D eigenvalue weighted by Gasteiger charge is -2.16. The van der Waals surface area contributed by atoms with Crippen LogP contribution in [0.2, 0.25) is 0 Å². The van der Waals surface area contributed by atoms with Crippen LogP contribution in [0.1, 0.15) is 27.7 Å². The van der Waals surface area contributed by atoms with Gasteiger partial charge >= 0.3 is 0 Å². The van der Waals surface area contributed by atoms with Gasteiger partial charge in [-0.3, -0.25) is 4.79 Å². The third-order valence-corrected chi connectivity index (χ3v) is 4.89. The number of aliphatic hydroxyl groups excluding tert-OH is 1. The predicted molar refractivity (Wildman–Crippen MR) is 116 cm³/mol. The molecule has 0 aliphatic rings. The summed E-state index contributed by atoms with van der Waals surface area (Å²) in [6, 6.07) is 20.4. The Morgan fingerprint density at radius 1 is 1.07 bits per heavy atom. The molecule has 6 nitrogen and oxygen atoms in total. The summed E-state index contributed by atoms with van der Waals surface area (Å²) in [7, 11) is 0. The lowest BCUT2D eigenvalue weighted by Crippen LogP contribution is -2.30. The van der Waals surface area contributed by atoms with E-state index in [9.17, 15) is 9.90 Å². The first-order valence-electron chi connectivity index (χ1n) is 9.70. The van der Waals surface area contributed by atoms with E-state index < -0.39 is 6.04 Å². The first-order chi connectivity index (χ1) is 14.7. The molecule has 2 aromatic heterocycles. The Bertz CT molecular complexity index is 1140. The van der Waals surface area contributed by atoms with Gasteiger partial charge < -0.3 is 15.4 Å². The van der Waals surface area contributed by atoms with Crippen LogP contribution in [0, 0.1) is 6.92 Å². The van der Waals surface area contributed by atoms with E-state index in [1.165, 1.54) is 0 Å². The van der Waals surface area contributed by atoms with Gasteiger partial charge in [0.2, 0.25) is 0 Å². The number of aromatic nitrogens is 3. The highest BCUT2D eigenvalue weighted by molar-refractivity contribution is 5.94. The summed E-state index contributed by atoms with van der Waals surface area (Å²) in [5.74, 6) is 0.340. The molecule has 0 radical (unpaired) electrons. The topological polar surface area (TPSA) is 90.9 Å². The van der Waals surface area contributed by atoms with Crippen molar-refractivity contribution in [3.63, 3.8) is 0 Å². The molecule has 3 N–H and O–H groups in total. The van der Waals surface area contributed by atoms with Crippen LogP contribution in [0.3, 0.4) is 0 Å². The summed E-state index contributed by atoms with van der Waals surface area (Å²) in [4.78, 5) is 24.9. The van der Waals surface area contributed by atoms with Gasteiger partial charge in [0.1, 0.15) is 5.69 Å². The summed E-state index contributed by atoms with van der Waals surface area (Å²) in [5, 5.41) is 12.6. The number of rotatable bonds is 6. The number of aromatic amines is 1. The van der Waals surface area contributed by atoms with E-state index >= 15 is 0 Å². The molecular weight excluding hydrogens is 376 g/mol. The Hall–Kier alpha value is -3.77. The van der Waals surface area contributed by atoms with Crippen LogP contribution >= 0.6 is 0 Å². The number of hydrogen-bond donors (Lipinski definition) is 3. The second-order valence-electron chi connectivity index (χ2n) is 7.01. The standard InChI is InChI=1S/C24H22N4O2/c1-16-13-26-23(18-10-6-3-7-11-18)28-22(16)19-12-20(25-14-19)24(30)27-21(15-29)17-8-4-2-5-9-17/h2-14,21,25,29H,15H2,1H3,(H,27,30)/t21-/m1/s1. The summed E-state index contributed by atoms with van der Waals surface area (Å²) >= 11 is 0. The highest BCUT2D eigenvalue weighted by Crippen LogP contribution is 2.25. The zero-order valence-corrected chi connectivity index (χ0v) is 16.5. The number of carbonyl (C=O) groups is 1. The van der Waals surface area contributed by atoms with Gasteiger partial charge in [0.05, 0.1) is 18.3 Å². The Balaban J connectivity index is 1.57. The molecule has 1 atom stereocenters. The minimum atomic E-state index is -0.476. The van der Waals surface area contributed by atoms with Crippen molar-refractivity contribution in [3.8, 4) is 22.6 Å². The molecular formula is C24H22N4O2. The number of carbonyl (C=O) groups excluding carboxylic acids is 1. The molecule has 6 heteroatoms. The SMILES string of the molecule is Cc1cnc(-c2ccccc2)nc1-c1c[nH]c(C(=O)N[C@H](CO)c2ccccc2)c1. The largest absolute Gasteiger partial charge is 0.394 e. The number of hydrogen-bond acceptors (Lipinski definition) is 4. The molecule has 2 heterocycles. The number of H-pyrrole nitrogens is 1. The number of nitrogens with zero attached hydrogens (tertiary/aromatic N) is 2. The van der Waals surface area contributed by atoms with Crippen molar-refractivity contribution < 1.29 is 9.90 Å². The minimum absolute atomic E-state index is 0.186. The van der Waals surface area contributed by atoms with E-state index in [-0.39, 0.29) is 12.5 Å². The first kappa shape index (κ1) is 19.5. The normalized spacial score (nSPS) is 11.8. The molecule has 150 valence electrons. The molecule has 30 heavy (non-hydrogen) atoms.